The molecule has 9 nitrogen and oxygen atoms in total. The fourth-order valence-corrected chi connectivity index (χ4v) is 7.90. The molecule has 0 saturated carbocycles. The number of esters is 2. The summed E-state index contributed by atoms with van der Waals surface area (Å²) in [5, 5.41) is 0. The van der Waals surface area contributed by atoms with Crippen LogP contribution in [0.4, 0.5) is 0 Å². The van der Waals surface area contributed by atoms with Crippen molar-refractivity contribution in [2.75, 3.05) is 26.4 Å². The molecule has 10 heteroatoms. The van der Waals surface area contributed by atoms with Gasteiger partial charge in [-0.3, -0.25) is 18.6 Å². The van der Waals surface area contributed by atoms with E-state index in [1.807, 2.05) is 0 Å². The Bertz CT molecular complexity index is 1020. The van der Waals surface area contributed by atoms with Crippen molar-refractivity contribution in [3.8, 4) is 0 Å². The van der Waals surface area contributed by atoms with Crippen LogP contribution in [0.5, 0.6) is 0 Å². The quantitative estimate of drug-likeness (QED) is 0.0265. The summed E-state index contributed by atoms with van der Waals surface area (Å²) in [5.41, 5.74) is 5.36. The largest absolute Gasteiger partial charge is 0.472 e. The maximum absolute atomic E-state index is 12.6. The second-order valence-corrected chi connectivity index (χ2v) is 18.1. The molecule has 0 aromatic carbocycles. The Kier molecular flexibility index (Phi) is 44.8. The van der Waals surface area contributed by atoms with Gasteiger partial charge >= 0.3 is 19.8 Å². The van der Waals surface area contributed by atoms with E-state index < -0.39 is 26.5 Å². The SMILES string of the molecule is CCCCC/C=C\C/C=C\CCCCCCCCCC(=O)OC(COC(=O)CCCCCCCCCCCCCCCCCCCCCCC)COP(=O)(O)OCCN. The molecule has 3 N–H and O–H groups in total. The van der Waals surface area contributed by atoms with E-state index in [1.165, 1.54) is 161 Å². The number of phosphoric acid groups is 1. The number of ether oxygens (including phenoxy) is 2. The molecule has 0 saturated heterocycles. The second-order valence-electron chi connectivity index (χ2n) is 16.7. The highest BCUT2D eigenvalue weighted by Crippen LogP contribution is 2.43. The van der Waals surface area contributed by atoms with Gasteiger partial charge in [0.1, 0.15) is 6.61 Å². The molecule has 2 atom stereocenters. The highest BCUT2D eigenvalue weighted by molar-refractivity contribution is 7.47. The molecule has 0 aliphatic rings. The molecule has 0 spiro atoms. The number of hydrogen-bond acceptors (Lipinski definition) is 8. The van der Waals surface area contributed by atoms with Crippen LogP contribution in [0.1, 0.15) is 245 Å². The van der Waals surface area contributed by atoms with E-state index in [4.69, 9.17) is 24.3 Å². The Morgan fingerprint density at radius 1 is 0.508 bits per heavy atom. The standard InChI is InChI=1S/C49H94NO8P/c1-3-5-7-9-11-13-15-17-19-21-22-23-24-26-27-29-31-33-35-37-39-41-48(51)55-45-47(46-57-59(53,54)56-44-43-50)58-49(52)42-40-38-36-34-32-30-28-25-20-18-16-14-12-10-8-6-4-2/h12,14,18,20,47H,3-11,13,15-17,19,21-46,50H2,1-2H3,(H,53,54)/b14-12-,20-18-. The van der Waals surface area contributed by atoms with Crippen molar-refractivity contribution in [2.24, 2.45) is 5.73 Å². The van der Waals surface area contributed by atoms with Crippen LogP contribution < -0.4 is 5.73 Å². The Morgan fingerprint density at radius 2 is 0.881 bits per heavy atom. The van der Waals surface area contributed by atoms with Gasteiger partial charge in [0.05, 0.1) is 13.2 Å². The van der Waals surface area contributed by atoms with E-state index in [-0.39, 0.29) is 38.6 Å². The minimum Gasteiger partial charge on any atom is -0.462 e. The van der Waals surface area contributed by atoms with Crippen LogP contribution in [-0.2, 0) is 32.7 Å². The summed E-state index contributed by atoms with van der Waals surface area (Å²) in [6, 6.07) is 0. The summed E-state index contributed by atoms with van der Waals surface area (Å²) >= 11 is 0. The van der Waals surface area contributed by atoms with Crippen LogP contribution in [0.2, 0.25) is 0 Å². The topological polar surface area (TPSA) is 134 Å². The molecule has 0 fully saturated rings. The number of hydrogen-bond donors (Lipinski definition) is 2. The van der Waals surface area contributed by atoms with E-state index in [2.05, 4.69) is 38.2 Å². The summed E-state index contributed by atoms with van der Waals surface area (Å²) in [5.74, 6) is -0.825. The van der Waals surface area contributed by atoms with Gasteiger partial charge in [-0.25, -0.2) is 4.57 Å². The average molecular weight is 856 g/mol. The van der Waals surface area contributed by atoms with Crippen LogP contribution in [-0.4, -0.2) is 49.3 Å². The van der Waals surface area contributed by atoms with Gasteiger partial charge in [0.15, 0.2) is 6.10 Å². The molecular formula is C49H94NO8P. The number of allylic oxidation sites excluding steroid dienone is 4. The van der Waals surface area contributed by atoms with E-state index in [0.29, 0.717) is 6.42 Å². The van der Waals surface area contributed by atoms with Crippen molar-refractivity contribution in [3.05, 3.63) is 24.3 Å². The van der Waals surface area contributed by atoms with Crippen LogP contribution in [0.15, 0.2) is 24.3 Å². The number of carbonyl (C=O) groups is 2. The van der Waals surface area contributed by atoms with Gasteiger partial charge in [0.2, 0.25) is 0 Å². The predicted octanol–water partition coefficient (Wildman–Crippen LogP) is 14.7. The number of carbonyl (C=O) groups excluding carboxylic acids is 2. The zero-order valence-electron chi connectivity index (χ0n) is 38.5. The maximum atomic E-state index is 12.6. The lowest BCUT2D eigenvalue weighted by Crippen LogP contribution is -2.29. The maximum Gasteiger partial charge on any atom is 0.472 e. The Balaban J connectivity index is 4.03. The summed E-state index contributed by atoms with van der Waals surface area (Å²) < 4.78 is 32.9. The van der Waals surface area contributed by atoms with Crippen molar-refractivity contribution in [3.63, 3.8) is 0 Å². The molecule has 0 bridgehead atoms. The molecule has 2 unspecified atom stereocenters. The predicted molar refractivity (Wildman–Crippen MR) is 247 cm³/mol. The third kappa shape index (κ3) is 45.8. The summed E-state index contributed by atoms with van der Waals surface area (Å²) in [6.45, 7) is 3.74. The van der Waals surface area contributed by atoms with Crippen molar-refractivity contribution in [2.45, 2.75) is 251 Å². The van der Waals surface area contributed by atoms with Gasteiger partial charge in [-0.05, 0) is 44.9 Å². The third-order valence-corrected chi connectivity index (χ3v) is 11.8. The number of phosphoric ester groups is 1. The minimum atomic E-state index is -4.38. The zero-order valence-corrected chi connectivity index (χ0v) is 39.4. The fourth-order valence-electron chi connectivity index (χ4n) is 7.14. The number of unbranched alkanes of at least 4 members (excludes halogenated alkanes) is 30. The summed E-state index contributed by atoms with van der Waals surface area (Å²) in [6.07, 6.45) is 50.7. The molecule has 0 heterocycles. The van der Waals surface area contributed by atoms with E-state index >= 15 is 0 Å². The normalized spacial score (nSPS) is 13.4. The van der Waals surface area contributed by atoms with Gasteiger partial charge in [0, 0.05) is 19.4 Å². The molecular weight excluding hydrogens is 762 g/mol. The van der Waals surface area contributed by atoms with E-state index in [1.54, 1.807) is 0 Å². The van der Waals surface area contributed by atoms with Gasteiger partial charge < -0.3 is 20.1 Å². The Hall–Kier alpha value is -1.51. The van der Waals surface area contributed by atoms with E-state index in [9.17, 15) is 19.0 Å². The molecule has 0 aromatic heterocycles. The first-order valence-corrected chi connectivity index (χ1v) is 26.3. The monoisotopic (exact) mass is 856 g/mol. The van der Waals surface area contributed by atoms with E-state index in [0.717, 1.165) is 51.4 Å². The fraction of sp³-hybridized carbons (Fsp3) is 0.878. The highest BCUT2D eigenvalue weighted by atomic mass is 31.2. The van der Waals surface area contributed by atoms with Crippen molar-refractivity contribution >= 4 is 19.8 Å². The van der Waals surface area contributed by atoms with Crippen LogP contribution in [0.3, 0.4) is 0 Å². The Labute approximate surface area is 363 Å². The van der Waals surface area contributed by atoms with Gasteiger partial charge in [-0.15, -0.1) is 0 Å². The highest BCUT2D eigenvalue weighted by Gasteiger charge is 2.26. The molecule has 348 valence electrons. The van der Waals surface area contributed by atoms with Gasteiger partial charge in [-0.1, -0.05) is 212 Å². The van der Waals surface area contributed by atoms with Crippen LogP contribution in [0, 0.1) is 0 Å². The molecule has 0 aliphatic carbocycles. The smallest absolute Gasteiger partial charge is 0.462 e. The zero-order chi connectivity index (χ0) is 43.2. The first kappa shape index (κ1) is 57.5. The second kappa shape index (κ2) is 46.0. The first-order valence-electron chi connectivity index (χ1n) is 24.8. The number of nitrogens with two attached hydrogens (primary N) is 1. The van der Waals surface area contributed by atoms with Crippen LogP contribution in [0.25, 0.3) is 0 Å². The van der Waals surface area contributed by atoms with Gasteiger partial charge in [0.25, 0.3) is 0 Å². The minimum absolute atomic E-state index is 0.0538. The molecule has 0 aliphatic heterocycles. The molecule has 0 rings (SSSR count). The lowest BCUT2D eigenvalue weighted by Gasteiger charge is -2.19. The van der Waals surface area contributed by atoms with Crippen LogP contribution >= 0.6 is 7.82 Å². The van der Waals surface area contributed by atoms with Gasteiger partial charge in [-0.2, -0.15) is 0 Å². The first-order chi connectivity index (χ1) is 28.8. The third-order valence-electron chi connectivity index (χ3n) is 10.8. The molecule has 0 aromatic rings. The molecule has 59 heavy (non-hydrogen) atoms. The molecule has 0 amide bonds. The summed E-state index contributed by atoms with van der Waals surface area (Å²) in [7, 11) is -4.38. The summed E-state index contributed by atoms with van der Waals surface area (Å²) in [4.78, 5) is 35.0. The molecule has 0 radical (unpaired) electrons. The van der Waals surface area contributed by atoms with Crippen molar-refractivity contribution in [1.82, 2.24) is 0 Å². The van der Waals surface area contributed by atoms with Crippen molar-refractivity contribution < 1.29 is 37.6 Å². The Morgan fingerprint density at radius 3 is 1.32 bits per heavy atom. The lowest BCUT2D eigenvalue weighted by atomic mass is 10.0. The number of rotatable bonds is 47. The average Bonchev–Trinajstić information content (AvgIpc) is 3.22. The van der Waals surface area contributed by atoms with Crippen molar-refractivity contribution in [1.29, 1.82) is 0 Å². The lowest BCUT2D eigenvalue weighted by molar-refractivity contribution is -0.161.